The molecule has 12 heteroatoms. The third-order valence-electron chi connectivity index (χ3n) is 3.14. The molecule has 0 aromatic carbocycles. The summed E-state index contributed by atoms with van der Waals surface area (Å²) < 4.78 is 105. The van der Waals surface area contributed by atoms with Gasteiger partial charge < -0.3 is 15.3 Å². The number of carboxylic acid groups (broad SMARTS) is 1. The molecule has 23 heavy (non-hydrogen) atoms. The van der Waals surface area contributed by atoms with E-state index >= 15 is 0 Å². The van der Waals surface area contributed by atoms with Crippen LogP contribution >= 0.6 is 0 Å². The largest absolute Gasteiger partial charge is 0.478 e. The van der Waals surface area contributed by atoms with Gasteiger partial charge in [0.05, 0.1) is 0 Å². The Labute approximate surface area is 124 Å². The van der Waals surface area contributed by atoms with Crippen LogP contribution in [0, 0.1) is 0 Å². The normalized spacial score (nSPS) is 16.9. The molecule has 0 bridgehead atoms. The first-order chi connectivity index (χ1) is 9.99. The molecule has 0 amide bonds. The van der Waals surface area contributed by atoms with Crippen molar-refractivity contribution < 1.29 is 55.2 Å². The van der Waals surface area contributed by atoms with E-state index in [0.29, 0.717) is 13.8 Å². The van der Waals surface area contributed by atoms with Crippen molar-refractivity contribution in [3.8, 4) is 0 Å². The van der Waals surface area contributed by atoms with E-state index in [1.807, 2.05) is 0 Å². The zero-order valence-corrected chi connectivity index (χ0v) is 11.6. The van der Waals surface area contributed by atoms with Crippen LogP contribution in [0.5, 0.6) is 0 Å². The Morgan fingerprint density at radius 1 is 0.957 bits per heavy atom. The molecule has 0 saturated carbocycles. The second kappa shape index (κ2) is 6.23. The van der Waals surface area contributed by atoms with Crippen LogP contribution in [0.3, 0.4) is 0 Å². The number of hydrogen-bond acceptors (Lipinski definition) is 3. The number of rotatable bonds is 7. The van der Waals surface area contributed by atoms with Gasteiger partial charge in [0.1, 0.15) is 12.7 Å². The second-order valence-electron chi connectivity index (χ2n) is 4.65. The van der Waals surface area contributed by atoms with Crippen LogP contribution < -0.4 is 0 Å². The molecule has 3 N–H and O–H groups in total. The van der Waals surface area contributed by atoms with Crippen LogP contribution in [-0.4, -0.2) is 57.7 Å². The molecule has 136 valence electrons. The quantitative estimate of drug-likeness (QED) is 0.481. The summed E-state index contributed by atoms with van der Waals surface area (Å²) in [6.45, 7) is -1.82. The van der Waals surface area contributed by atoms with Crippen molar-refractivity contribution in [3.05, 3.63) is 11.1 Å². The van der Waals surface area contributed by atoms with E-state index in [0.717, 1.165) is 0 Å². The van der Waals surface area contributed by atoms with Crippen LogP contribution in [-0.2, 0) is 4.79 Å². The molecule has 0 fully saturated rings. The van der Waals surface area contributed by atoms with Crippen LogP contribution in [0.25, 0.3) is 0 Å². The molecule has 4 nitrogen and oxygen atoms in total. The second-order valence-corrected chi connectivity index (χ2v) is 4.65. The summed E-state index contributed by atoms with van der Waals surface area (Å²) in [6, 6.07) is 0. The molecule has 0 aliphatic carbocycles. The molecular formula is C11H12F8O4. The maximum Gasteiger partial charge on any atom is 0.381 e. The van der Waals surface area contributed by atoms with Crippen molar-refractivity contribution in [1.82, 2.24) is 0 Å². The predicted molar refractivity (Wildman–Crippen MR) is 58.9 cm³/mol. The zero-order valence-electron chi connectivity index (χ0n) is 11.6. The molecule has 0 aliphatic heterocycles. The first-order valence-corrected chi connectivity index (χ1v) is 5.69. The summed E-state index contributed by atoms with van der Waals surface area (Å²) in [5.41, 5.74) is -2.39. The fraction of sp³-hybridized carbons (Fsp3) is 0.727. The minimum atomic E-state index is -6.80. The van der Waals surface area contributed by atoms with Crippen molar-refractivity contribution in [2.45, 2.75) is 43.6 Å². The Bertz CT molecular complexity index is 500. The van der Waals surface area contributed by atoms with Gasteiger partial charge in [0.15, 0.2) is 0 Å². The van der Waals surface area contributed by atoms with Gasteiger partial charge in [-0.3, -0.25) is 0 Å². The molecule has 0 heterocycles. The highest BCUT2D eigenvalue weighted by Gasteiger charge is 2.81. The lowest BCUT2D eigenvalue weighted by Crippen LogP contribution is -2.66. The molecule has 0 radical (unpaired) electrons. The van der Waals surface area contributed by atoms with Crippen molar-refractivity contribution in [3.63, 3.8) is 0 Å². The molecule has 0 spiro atoms. The summed E-state index contributed by atoms with van der Waals surface area (Å²) in [7, 11) is 0. The highest BCUT2D eigenvalue weighted by molar-refractivity contribution is 5.86. The topological polar surface area (TPSA) is 77.8 Å². The van der Waals surface area contributed by atoms with Gasteiger partial charge in [-0.1, -0.05) is 0 Å². The molecule has 1 atom stereocenters. The summed E-state index contributed by atoms with van der Waals surface area (Å²) in [6.07, 6.45) is -3.78. The van der Waals surface area contributed by atoms with Crippen molar-refractivity contribution in [1.29, 1.82) is 0 Å². The van der Waals surface area contributed by atoms with Crippen molar-refractivity contribution in [2.75, 3.05) is 6.61 Å². The molecule has 0 rings (SSSR count). The number of aliphatic carboxylic acids is 1. The van der Waals surface area contributed by atoms with Gasteiger partial charge in [0.25, 0.3) is 0 Å². The lowest BCUT2D eigenvalue weighted by molar-refractivity contribution is -0.380. The van der Waals surface area contributed by atoms with Crippen LogP contribution in [0.4, 0.5) is 35.1 Å². The fourth-order valence-corrected chi connectivity index (χ4v) is 1.36. The van der Waals surface area contributed by atoms with Gasteiger partial charge >= 0.3 is 29.7 Å². The minimum absolute atomic E-state index is 0.431. The van der Waals surface area contributed by atoms with Gasteiger partial charge in [-0.25, -0.2) is 4.79 Å². The summed E-state index contributed by atoms with van der Waals surface area (Å²) in [4.78, 5) is 10.5. The standard InChI is InChI=1S/C11H12F8O4/c1-4(5(2)7(22)23)6(21)9(14,15)11(18,19)10(16,17)8(12,13)3-20/h6,20-21H,3H2,1-2H3,(H,22,23). The third kappa shape index (κ3) is 3.27. The van der Waals surface area contributed by atoms with Crippen LogP contribution in [0.2, 0.25) is 0 Å². The molecular weight excluding hydrogens is 348 g/mol. The number of halogens is 8. The Hall–Kier alpha value is -1.43. The van der Waals surface area contributed by atoms with E-state index in [-0.39, 0.29) is 0 Å². The van der Waals surface area contributed by atoms with E-state index in [1.165, 1.54) is 0 Å². The highest BCUT2D eigenvalue weighted by Crippen LogP contribution is 2.54. The lowest BCUT2D eigenvalue weighted by atomic mass is 9.90. The smallest absolute Gasteiger partial charge is 0.381 e. The van der Waals surface area contributed by atoms with Crippen LogP contribution in [0.15, 0.2) is 11.1 Å². The molecule has 1 unspecified atom stereocenters. The Morgan fingerprint density at radius 2 is 1.35 bits per heavy atom. The van der Waals surface area contributed by atoms with Gasteiger partial charge in [-0.05, 0) is 19.4 Å². The van der Waals surface area contributed by atoms with E-state index in [2.05, 4.69) is 0 Å². The van der Waals surface area contributed by atoms with E-state index in [9.17, 15) is 39.9 Å². The molecule has 0 aromatic heterocycles. The van der Waals surface area contributed by atoms with Gasteiger partial charge in [-0.2, -0.15) is 35.1 Å². The Kier molecular flexibility index (Phi) is 5.84. The first kappa shape index (κ1) is 21.6. The maximum atomic E-state index is 13.5. The average molecular weight is 360 g/mol. The number of alkyl halides is 8. The molecule has 0 aromatic rings. The maximum absolute atomic E-state index is 13.5. The van der Waals surface area contributed by atoms with Crippen LogP contribution in [0.1, 0.15) is 13.8 Å². The minimum Gasteiger partial charge on any atom is -0.478 e. The SMILES string of the molecule is CC(C(=O)O)=C(C)C(O)C(F)(F)C(F)(F)C(F)(F)C(F)(F)CO. The number of carbonyl (C=O) groups is 1. The molecule has 0 saturated heterocycles. The Balaban J connectivity index is 6.09. The monoisotopic (exact) mass is 360 g/mol. The first-order valence-electron chi connectivity index (χ1n) is 5.69. The van der Waals surface area contributed by atoms with Crippen molar-refractivity contribution in [2.24, 2.45) is 0 Å². The van der Waals surface area contributed by atoms with Gasteiger partial charge in [-0.15, -0.1) is 0 Å². The summed E-state index contributed by atoms with van der Waals surface area (Å²) >= 11 is 0. The van der Waals surface area contributed by atoms with E-state index < -0.39 is 53.5 Å². The van der Waals surface area contributed by atoms with Gasteiger partial charge in [0, 0.05) is 5.57 Å². The number of aliphatic hydroxyl groups excluding tert-OH is 2. The number of carboxylic acids is 1. The summed E-state index contributed by atoms with van der Waals surface area (Å²) in [5, 5.41) is 25.6. The lowest BCUT2D eigenvalue weighted by Gasteiger charge is -2.38. The highest BCUT2D eigenvalue weighted by atomic mass is 19.4. The van der Waals surface area contributed by atoms with E-state index in [4.69, 9.17) is 15.3 Å². The Morgan fingerprint density at radius 3 is 1.65 bits per heavy atom. The number of hydrogen-bond donors (Lipinski definition) is 3. The van der Waals surface area contributed by atoms with E-state index in [1.54, 1.807) is 0 Å². The zero-order chi connectivity index (χ0) is 19.0. The fourth-order valence-electron chi connectivity index (χ4n) is 1.36. The predicted octanol–water partition coefficient (Wildman–Crippen LogP) is 2.30. The number of aliphatic hydroxyl groups is 2. The third-order valence-corrected chi connectivity index (χ3v) is 3.14. The van der Waals surface area contributed by atoms with Crippen molar-refractivity contribution >= 4 is 5.97 Å². The average Bonchev–Trinajstić information content (AvgIpc) is 2.43. The van der Waals surface area contributed by atoms with Gasteiger partial charge in [0.2, 0.25) is 0 Å². The molecule has 0 aliphatic rings. The summed E-state index contributed by atoms with van der Waals surface area (Å²) in [5.74, 6) is -27.5.